The lowest BCUT2D eigenvalue weighted by Gasteiger charge is -2.41. The predicted molar refractivity (Wildman–Crippen MR) is 270 cm³/mol. The van der Waals surface area contributed by atoms with Crippen LogP contribution in [0.2, 0.25) is 0 Å². The molecule has 0 amide bonds. The Bertz CT molecular complexity index is 2750. The molecule has 1 spiro atoms. The van der Waals surface area contributed by atoms with Gasteiger partial charge in [0.15, 0.2) is 0 Å². The molecule has 0 bridgehead atoms. The molecule has 2 fully saturated rings. The normalized spacial score (nSPS) is 24.2. The van der Waals surface area contributed by atoms with E-state index in [-0.39, 0.29) is 60.0 Å². The van der Waals surface area contributed by atoms with Gasteiger partial charge in [0.25, 0.3) is 0 Å². The maximum atomic E-state index is 14.3. The van der Waals surface area contributed by atoms with E-state index in [4.69, 9.17) is 36.6 Å². The Morgan fingerprint density at radius 2 is 0.913 bits per heavy atom. The van der Waals surface area contributed by atoms with Crippen LogP contribution >= 0.6 is 16.4 Å². The third kappa shape index (κ3) is 9.95. The number of aryl methyl sites for hydroxylation is 3. The van der Waals surface area contributed by atoms with Gasteiger partial charge in [-0.05, 0) is 86.8 Å². The first-order valence-electron chi connectivity index (χ1n) is 24.1. The summed E-state index contributed by atoms with van der Waals surface area (Å²) < 4.78 is 63.6. The van der Waals surface area contributed by atoms with Crippen molar-refractivity contribution in [1.29, 1.82) is 0 Å². The molecule has 8 rings (SSSR count). The highest BCUT2D eigenvalue weighted by molar-refractivity contribution is 7.49. The van der Waals surface area contributed by atoms with Crippen LogP contribution in [0.4, 0.5) is 0 Å². The van der Waals surface area contributed by atoms with Gasteiger partial charge in [0.1, 0.15) is 34.8 Å². The van der Waals surface area contributed by atoms with Gasteiger partial charge in [0, 0.05) is 27.8 Å². The number of hydrogen-bond donors (Lipinski definition) is 0. The zero-order valence-electron chi connectivity index (χ0n) is 44.0. The predicted octanol–water partition coefficient (Wildman–Crippen LogP) is 14.1. The van der Waals surface area contributed by atoms with Crippen LogP contribution in [0, 0.1) is 26.2 Å². The molecule has 2 atom stereocenters. The molecule has 0 radical (unpaired) electrons. The first kappa shape index (κ1) is 51.3. The highest BCUT2D eigenvalue weighted by atomic mass is 31.2. The Hall–Kier alpha value is -4.08. The fraction of sp³-hybridized carbons (Fsp3) is 0.536. The first-order chi connectivity index (χ1) is 31.7. The minimum absolute atomic E-state index is 0.00588. The van der Waals surface area contributed by atoms with Crippen LogP contribution in [0.15, 0.2) is 48.5 Å². The molecule has 69 heavy (non-hydrogen) atoms. The summed E-state index contributed by atoms with van der Waals surface area (Å²) in [5, 5.41) is 0. The summed E-state index contributed by atoms with van der Waals surface area (Å²) in [5.74, 6) is 0.451. The summed E-state index contributed by atoms with van der Waals surface area (Å²) in [4.78, 5) is 27.5. The molecule has 0 saturated carbocycles. The van der Waals surface area contributed by atoms with E-state index in [9.17, 15) is 14.2 Å². The van der Waals surface area contributed by atoms with Gasteiger partial charge in [0.2, 0.25) is 0 Å². The van der Waals surface area contributed by atoms with E-state index in [0.29, 0.717) is 28.6 Å². The van der Waals surface area contributed by atoms with Gasteiger partial charge in [-0.15, -0.1) is 0 Å². The second-order valence-electron chi connectivity index (χ2n) is 25.0. The van der Waals surface area contributed by atoms with E-state index in [1.807, 2.05) is 65.8 Å². The van der Waals surface area contributed by atoms with E-state index in [1.165, 1.54) is 0 Å². The maximum absolute atomic E-state index is 14.3. The fourth-order valence-corrected chi connectivity index (χ4v) is 12.4. The average Bonchev–Trinajstić information content (AvgIpc) is 3.74. The summed E-state index contributed by atoms with van der Waals surface area (Å²) in [6.45, 7) is 38.2. The van der Waals surface area contributed by atoms with Gasteiger partial charge in [-0.25, -0.2) is 4.57 Å². The summed E-state index contributed by atoms with van der Waals surface area (Å²) in [6.07, 6.45) is 0. The number of carbonyl (C=O) groups is 2. The Labute approximate surface area is 411 Å². The van der Waals surface area contributed by atoms with Gasteiger partial charge in [0.05, 0.1) is 31.8 Å². The third-order valence-electron chi connectivity index (χ3n) is 13.7. The number of phosphoric ester groups is 1. The zero-order chi connectivity index (χ0) is 50.8. The average molecular weight is 983 g/mol. The Balaban J connectivity index is 0.961. The molecular weight excluding hydrogens is 911 g/mol. The van der Waals surface area contributed by atoms with Crippen molar-refractivity contribution in [3.8, 4) is 23.0 Å². The Morgan fingerprint density at radius 3 is 1.30 bits per heavy atom. The van der Waals surface area contributed by atoms with Crippen molar-refractivity contribution >= 4 is 28.4 Å². The van der Waals surface area contributed by atoms with E-state index in [1.54, 1.807) is 0 Å². The number of carbonyl (C=O) groups excluding carboxylic acids is 2. The topological polar surface area (TPSA) is 125 Å². The first-order valence-corrected chi connectivity index (χ1v) is 26.6. The maximum Gasteiger partial charge on any atom is 0.530 e. The number of phosphoric acid groups is 1. The van der Waals surface area contributed by atoms with Crippen molar-refractivity contribution in [2.45, 2.75) is 164 Å². The number of esters is 2. The van der Waals surface area contributed by atoms with Crippen molar-refractivity contribution in [2.24, 2.45) is 5.41 Å². The summed E-state index contributed by atoms with van der Waals surface area (Å²) in [5.41, 5.74) is 8.75. The van der Waals surface area contributed by atoms with Crippen LogP contribution in [-0.2, 0) is 59.3 Å². The van der Waals surface area contributed by atoms with Crippen molar-refractivity contribution in [3.63, 3.8) is 0 Å². The molecule has 4 aliphatic heterocycles. The third-order valence-corrected chi connectivity index (χ3v) is 16.0. The quantitative estimate of drug-likeness (QED) is 0.104. The van der Waals surface area contributed by atoms with Crippen LogP contribution in [-0.4, -0.2) is 38.4 Å². The van der Waals surface area contributed by atoms with E-state index < -0.39 is 39.1 Å². The lowest BCUT2D eigenvalue weighted by Crippen LogP contribution is -2.45. The van der Waals surface area contributed by atoms with Gasteiger partial charge in [-0.3, -0.25) is 18.6 Å². The molecule has 372 valence electrons. The molecule has 0 N–H and O–H groups in total. The zero-order valence-corrected chi connectivity index (χ0v) is 45.8. The van der Waals surface area contributed by atoms with Gasteiger partial charge < -0.3 is 27.6 Å². The molecule has 4 aliphatic rings. The molecule has 4 heterocycles. The number of benzene rings is 4. The molecule has 2 saturated heterocycles. The molecule has 2 unspecified atom stereocenters. The monoisotopic (exact) mass is 982 g/mol. The standard InChI is InChI=1S/C56H72O11P2/c1-31-19-34(43-38-23-36(51(4,5)6)25-41(54(13,14)15)47(38)64-49(43)57)20-32(2)45(31)66-68-60-27-56(28-61-68)29-62-69(59,63-30-56)67-46-33(3)21-35(22-40(46)53(10,11)12)44-39-24-37(52(7,8)9)26-42(55(16,17)18)48(39)65-50(44)58/h19-26,43-44H,27-30H2,1-18H3. The second kappa shape index (κ2) is 17.3. The number of rotatable bonds is 6. The minimum Gasteiger partial charge on any atom is -0.426 e. The van der Waals surface area contributed by atoms with Crippen LogP contribution in [0.25, 0.3) is 0 Å². The summed E-state index contributed by atoms with van der Waals surface area (Å²) >= 11 is 0. The molecular formula is C56H72O11P2. The lowest BCUT2D eigenvalue weighted by molar-refractivity contribution is -0.134. The Kier molecular flexibility index (Phi) is 12.9. The van der Waals surface area contributed by atoms with Gasteiger partial charge in [-0.2, -0.15) is 0 Å². The Morgan fingerprint density at radius 1 is 0.522 bits per heavy atom. The van der Waals surface area contributed by atoms with E-state index in [2.05, 4.69) is 107 Å². The van der Waals surface area contributed by atoms with E-state index in [0.717, 1.165) is 61.2 Å². The number of fused-ring (bicyclic) bond motifs is 2. The molecule has 0 aromatic heterocycles. The van der Waals surface area contributed by atoms with E-state index >= 15 is 0 Å². The van der Waals surface area contributed by atoms with Crippen LogP contribution < -0.4 is 18.5 Å². The largest absolute Gasteiger partial charge is 0.530 e. The number of ether oxygens (including phenoxy) is 2. The molecule has 13 heteroatoms. The second-order valence-corrected chi connectivity index (χ2v) is 27.7. The smallest absolute Gasteiger partial charge is 0.426 e. The SMILES string of the molecule is Cc1cc(C2C(=O)Oc3c2cc(C(C)(C)C)cc3C(C)(C)C)cc(C)c1OP1OCC2(CO1)COP(=O)(Oc1c(C)cc(C3C(=O)Oc4c3cc(C(C)(C)C)cc4C(C)(C)C)cc1C(C)(C)C)OC2. The lowest BCUT2D eigenvalue weighted by atomic mass is 9.76. The molecule has 0 aliphatic carbocycles. The van der Waals surface area contributed by atoms with Crippen molar-refractivity contribution in [3.05, 3.63) is 115 Å². The van der Waals surface area contributed by atoms with Crippen LogP contribution in [0.1, 0.15) is 182 Å². The highest BCUT2D eigenvalue weighted by Gasteiger charge is 2.50. The van der Waals surface area contributed by atoms with Gasteiger partial charge >= 0.3 is 28.4 Å². The fourth-order valence-electron chi connectivity index (χ4n) is 9.51. The van der Waals surface area contributed by atoms with Crippen LogP contribution in [0.3, 0.4) is 0 Å². The van der Waals surface area contributed by atoms with Gasteiger partial charge in [-0.1, -0.05) is 152 Å². The van der Waals surface area contributed by atoms with Crippen molar-refractivity contribution in [1.82, 2.24) is 0 Å². The van der Waals surface area contributed by atoms with Crippen molar-refractivity contribution < 1.29 is 50.8 Å². The molecule has 4 aromatic carbocycles. The van der Waals surface area contributed by atoms with Crippen molar-refractivity contribution in [2.75, 3.05) is 26.4 Å². The number of hydrogen-bond acceptors (Lipinski definition) is 11. The highest BCUT2D eigenvalue weighted by Crippen LogP contribution is 2.60. The minimum atomic E-state index is -4.11. The summed E-state index contributed by atoms with van der Waals surface area (Å²) in [6, 6.07) is 16.4. The summed E-state index contributed by atoms with van der Waals surface area (Å²) in [7, 11) is -5.91. The molecule has 11 nitrogen and oxygen atoms in total. The van der Waals surface area contributed by atoms with Crippen LogP contribution in [0.5, 0.6) is 23.0 Å². The molecule has 4 aromatic rings.